The number of nitrogens with zero attached hydrogens (tertiary/aromatic N) is 1. The third kappa shape index (κ3) is 5.50. The Morgan fingerprint density at radius 3 is 2.61 bits per heavy atom. The Bertz CT molecular complexity index is 328. The topological polar surface area (TPSA) is 48.1 Å². The number of aromatic nitrogens is 1. The molecule has 0 saturated heterocycles. The molecule has 0 aliphatic rings. The Morgan fingerprint density at radius 2 is 1.89 bits per heavy atom. The van der Waals surface area contributed by atoms with E-state index >= 15 is 0 Å². The van der Waals surface area contributed by atoms with Gasteiger partial charge < -0.3 is 10.5 Å². The average molecular weight is 250 g/mol. The number of unbranched alkanes of at least 4 members (excludes halogenated alkanes) is 5. The summed E-state index contributed by atoms with van der Waals surface area (Å²) in [5, 5.41) is 0. The summed E-state index contributed by atoms with van der Waals surface area (Å²) >= 11 is 0. The molecule has 0 amide bonds. The Hall–Kier alpha value is -1.09. The van der Waals surface area contributed by atoms with E-state index in [1.807, 2.05) is 12.3 Å². The van der Waals surface area contributed by atoms with Gasteiger partial charge in [0, 0.05) is 12.2 Å². The first kappa shape index (κ1) is 15.0. The monoisotopic (exact) mass is 250 g/mol. The molecule has 2 N–H and O–H groups in total. The molecule has 0 aromatic carbocycles. The lowest BCUT2D eigenvalue weighted by Crippen LogP contribution is -2.10. The van der Waals surface area contributed by atoms with Gasteiger partial charge in [-0.1, -0.05) is 45.4 Å². The van der Waals surface area contributed by atoms with Gasteiger partial charge >= 0.3 is 0 Å². The van der Waals surface area contributed by atoms with Crippen LogP contribution in [0.2, 0.25) is 0 Å². The highest BCUT2D eigenvalue weighted by Gasteiger charge is 2.07. The molecule has 1 aromatic heterocycles. The zero-order valence-corrected chi connectivity index (χ0v) is 11.7. The maximum Gasteiger partial charge on any atom is 0.137 e. The number of pyridine rings is 1. The van der Waals surface area contributed by atoms with Crippen LogP contribution in [-0.2, 0) is 0 Å². The van der Waals surface area contributed by atoms with Crippen molar-refractivity contribution in [1.29, 1.82) is 0 Å². The van der Waals surface area contributed by atoms with Crippen LogP contribution < -0.4 is 10.5 Å². The van der Waals surface area contributed by atoms with Crippen LogP contribution in [0.1, 0.15) is 63.5 Å². The number of nitrogens with two attached hydrogens (primary N) is 1. The molecule has 1 atom stereocenters. The minimum atomic E-state index is 0.0822. The van der Waals surface area contributed by atoms with Gasteiger partial charge in [-0.2, -0.15) is 0 Å². The number of methoxy groups -OCH3 is 1. The third-order valence-corrected chi connectivity index (χ3v) is 3.27. The van der Waals surface area contributed by atoms with Crippen molar-refractivity contribution in [2.24, 2.45) is 5.73 Å². The van der Waals surface area contributed by atoms with Crippen molar-refractivity contribution in [3.63, 3.8) is 0 Å². The molecule has 0 spiro atoms. The summed E-state index contributed by atoms with van der Waals surface area (Å²) in [7, 11) is 1.65. The molecule has 18 heavy (non-hydrogen) atoms. The van der Waals surface area contributed by atoms with Crippen molar-refractivity contribution in [3.05, 3.63) is 24.0 Å². The largest absolute Gasteiger partial charge is 0.495 e. The van der Waals surface area contributed by atoms with Gasteiger partial charge in [-0.3, -0.25) is 4.98 Å². The van der Waals surface area contributed by atoms with Crippen molar-refractivity contribution in [3.8, 4) is 5.75 Å². The normalized spacial score (nSPS) is 12.4. The molecular formula is C15H26N2O. The van der Waals surface area contributed by atoms with Gasteiger partial charge in [-0.05, 0) is 18.1 Å². The van der Waals surface area contributed by atoms with Crippen molar-refractivity contribution in [2.45, 2.75) is 57.9 Å². The summed E-state index contributed by atoms with van der Waals surface area (Å²) in [5.74, 6) is 0.783. The Kier molecular flexibility index (Phi) is 7.42. The molecule has 0 radical (unpaired) electrons. The molecule has 1 rings (SSSR count). The van der Waals surface area contributed by atoms with Crippen molar-refractivity contribution in [2.75, 3.05) is 7.11 Å². The lowest BCUT2D eigenvalue weighted by molar-refractivity contribution is 0.411. The van der Waals surface area contributed by atoms with Gasteiger partial charge in [0.2, 0.25) is 0 Å². The average Bonchev–Trinajstić information content (AvgIpc) is 2.42. The second kappa shape index (κ2) is 8.92. The highest BCUT2D eigenvalue weighted by atomic mass is 16.5. The Morgan fingerprint density at radius 1 is 1.17 bits per heavy atom. The van der Waals surface area contributed by atoms with Crippen LogP contribution in [0.4, 0.5) is 0 Å². The zero-order chi connectivity index (χ0) is 13.2. The Labute approximate surface area is 111 Å². The fourth-order valence-electron chi connectivity index (χ4n) is 2.06. The van der Waals surface area contributed by atoms with E-state index < -0.39 is 0 Å². The van der Waals surface area contributed by atoms with E-state index in [9.17, 15) is 0 Å². The smallest absolute Gasteiger partial charge is 0.137 e. The number of rotatable bonds is 9. The van der Waals surface area contributed by atoms with Gasteiger partial charge in [0.15, 0.2) is 0 Å². The van der Waals surface area contributed by atoms with Crippen molar-refractivity contribution in [1.82, 2.24) is 4.98 Å². The Balaban J connectivity index is 2.25. The van der Waals surface area contributed by atoms with Gasteiger partial charge in [-0.15, -0.1) is 0 Å². The van der Waals surface area contributed by atoms with E-state index in [0.29, 0.717) is 0 Å². The molecule has 0 fully saturated rings. The van der Waals surface area contributed by atoms with Gasteiger partial charge in [0.05, 0.1) is 13.3 Å². The van der Waals surface area contributed by atoms with Crippen LogP contribution in [0, 0.1) is 0 Å². The van der Waals surface area contributed by atoms with Crippen molar-refractivity contribution < 1.29 is 4.74 Å². The number of hydrogen-bond acceptors (Lipinski definition) is 3. The van der Waals surface area contributed by atoms with Crippen LogP contribution in [0.3, 0.4) is 0 Å². The lowest BCUT2D eigenvalue weighted by atomic mass is 10.0. The van der Waals surface area contributed by atoms with Gasteiger partial charge in [0.25, 0.3) is 0 Å². The summed E-state index contributed by atoms with van der Waals surface area (Å²) in [4.78, 5) is 4.14. The van der Waals surface area contributed by atoms with E-state index in [4.69, 9.17) is 10.5 Å². The summed E-state index contributed by atoms with van der Waals surface area (Å²) in [6.45, 7) is 2.24. The second-order valence-electron chi connectivity index (χ2n) is 4.82. The number of hydrogen-bond donors (Lipinski definition) is 1. The molecule has 0 bridgehead atoms. The maximum atomic E-state index is 6.16. The highest BCUT2D eigenvalue weighted by Crippen LogP contribution is 2.20. The molecule has 3 heteroatoms. The highest BCUT2D eigenvalue weighted by molar-refractivity contribution is 5.25. The summed E-state index contributed by atoms with van der Waals surface area (Å²) in [6, 6.07) is 2.06. The van der Waals surface area contributed by atoms with Crippen LogP contribution in [0.25, 0.3) is 0 Å². The van der Waals surface area contributed by atoms with E-state index in [-0.39, 0.29) is 6.04 Å². The maximum absolute atomic E-state index is 6.16. The fraction of sp³-hybridized carbons (Fsp3) is 0.667. The standard InChI is InChI=1S/C15H26N2O/c1-3-4-5-6-7-8-9-15(16)13-10-14(18-2)12-17-11-13/h10-12,15H,3-9,16H2,1-2H3. The molecule has 102 valence electrons. The number of ether oxygens (including phenoxy) is 1. The van der Waals surface area contributed by atoms with E-state index in [1.54, 1.807) is 13.3 Å². The third-order valence-electron chi connectivity index (χ3n) is 3.27. The summed E-state index contributed by atoms with van der Waals surface area (Å²) < 4.78 is 5.16. The second-order valence-corrected chi connectivity index (χ2v) is 4.82. The minimum Gasteiger partial charge on any atom is -0.495 e. The molecule has 1 aromatic rings. The molecule has 0 saturated carbocycles. The lowest BCUT2D eigenvalue weighted by Gasteiger charge is -2.12. The molecule has 0 aliphatic carbocycles. The van der Waals surface area contributed by atoms with E-state index in [0.717, 1.165) is 17.7 Å². The molecule has 1 unspecified atom stereocenters. The molecular weight excluding hydrogens is 224 g/mol. The van der Waals surface area contributed by atoms with Crippen LogP contribution in [0.15, 0.2) is 18.5 Å². The van der Waals surface area contributed by atoms with Crippen LogP contribution in [-0.4, -0.2) is 12.1 Å². The quantitative estimate of drug-likeness (QED) is 0.677. The van der Waals surface area contributed by atoms with E-state index in [1.165, 1.54) is 38.5 Å². The first-order chi connectivity index (χ1) is 8.77. The van der Waals surface area contributed by atoms with Gasteiger partial charge in [-0.25, -0.2) is 0 Å². The molecule has 1 heterocycles. The predicted molar refractivity (Wildman–Crippen MR) is 75.7 cm³/mol. The summed E-state index contributed by atoms with van der Waals surface area (Å²) in [5.41, 5.74) is 7.24. The zero-order valence-electron chi connectivity index (χ0n) is 11.7. The van der Waals surface area contributed by atoms with Crippen molar-refractivity contribution >= 4 is 0 Å². The van der Waals surface area contributed by atoms with Gasteiger partial charge in [0.1, 0.15) is 5.75 Å². The minimum absolute atomic E-state index is 0.0822. The predicted octanol–water partition coefficient (Wildman–Crippen LogP) is 3.84. The first-order valence-corrected chi connectivity index (χ1v) is 7.02. The first-order valence-electron chi connectivity index (χ1n) is 7.02. The summed E-state index contributed by atoms with van der Waals surface area (Å²) in [6.07, 6.45) is 12.4. The van der Waals surface area contributed by atoms with Crippen LogP contribution >= 0.6 is 0 Å². The molecule has 0 aliphatic heterocycles. The fourth-order valence-corrected chi connectivity index (χ4v) is 2.06. The van der Waals surface area contributed by atoms with E-state index in [2.05, 4.69) is 11.9 Å². The SMILES string of the molecule is CCCCCCCCC(N)c1cncc(OC)c1. The molecule has 3 nitrogen and oxygen atoms in total. The van der Waals surface area contributed by atoms with Crippen LogP contribution in [0.5, 0.6) is 5.75 Å².